The summed E-state index contributed by atoms with van der Waals surface area (Å²) in [7, 11) is -3.54. The molecule has 2 aromatic rings. The Bertz CT molecular complexity index is 889. The minimum Gasteiger partial charge on any atom is -0.399 e. The van der Waals surface area contributed by atoms with Gasteiger partial charge in [-0.25, -0.2) is 8.42 Å². The molecule has 1 aliphatic heterocycles. The van der Waals surface area contributed by atoms with Crippen LogP contribution in [0.1, 0.15) is 30.4 Å². The molecule has 0 radical (unpaired) electrons. The molecule has 1 amide bonds. The number of sulfonamides is 1. The van der Waals surface area contributed by atoms with Crippen LogP contribution in [0.4, 0.5) is 5.69 Å². The Kier molecular flexibility index (Phi) is 6.13. The van der Waals surface area contributed by atoms with E-state index in [0.29, 0.717) is 24.3 Å². The number of piperidine rings is 1. The van der Waals surface area contributed by atoms with Gasteiger partial charge in [-0.15, -0.1) is 0 Å². The van der Waals surface area contributed by atoms with E-state index >= 15 is 0 Å². The number of rotatable bonds is 6. The van der Waals surface area contributed by atoms with Gasteiger partial charge in [0, 0.05) is 25.3 Å². The van der Waals surface area contributed by atoms with Crippen LogP contribution in [0.2, 0.25) is 0 Å². The van der Waals surface area contributed by atoms with Gasteiger partial charge in [0.2, 0.25) is 15.9 Å². The van der Waals surface area contributed by atoms with Crippen molar-refractivity contribution >= 4 is 21.6 Å². The van der Waals surface area contributed by atoms with Crippen molar-refractivity contribution in [3.63, 3.8) is 0 Å². The summed E-state index contributed by atoms with van der Waals surface area (Å²) in [6, 6.07) is 14.0. The molecule has 1 saturated heterocycles. The third kappa shape index (κ3) is 4.87. The van der Waals surface area contributed by atoms with E-state index in [2.05, 4.69) is 5.32 Å². The molecular weight excluding hydrogens is 362 g/mol. The molecule has 7 heteroatoms. The zero-order valence-corrected chi connectivity index (χ0v) is 16.0. The first-order chi connectivity index (χ1) is 13.0. The summed E-state index contributed by atoms with van der Waals surface area (Å²) in [6.07, 6.45) is 3.07. The summed E-state index contributed by atoms with van der Waals surface area (Å²) in [5.41, 5.74) is 7.76. The monoisotopic (exact) mass is 387 g/mol. The number of nitrogen functional groups attached to an aromatic ring is 1. The summed E-state index contributed by atoms with van der Waals surface area (Å²) in [5.74, 6) is -0.162. The molecule has 0 aliphatic carbocycles. The molecule has 0 bridgehead atoms. The lowest BCUT2D eigenvalue weighted by atomic mass is 10.1. The molecule has 2 aromatic carbocycles. The number of nitrogens with zero attached hydrogens (tertiary/aromatic N) is 1. The smallest absolute Gasteiger partial charge is 0.243 e. The van der Waals surface area contributed by atoms with Crippen molar-refractivity contribution in [2.24, 2.45) is 0 Å². The SMILES string of the molecule is Nc1ccc(CC(=O)NCc2ccccc2S(=O)(=O)N2CCCCC2)cc1. The van der Waals surface area contributed by atoms with Gasteiger partial charge in [-0.05, 0) is 42.2 Å². The highest BCUT2D eigenvalue weighted by Gasteiger charge is 2.27. The maximum Gasteiger partial charge on any atom is 0.243 e. The summed E-state index contributed by atoms with van der Waals surface area (Å²) in [4.78, 5) is 12.5. The second-order valence-electron chi connectivity index (χ2n) is 6.77. The van der Waals surface area contributed by atoms with E-state index in [1.165, 1.54) is 0 Å². The Balaban J connectivity index is 1.68. The summed E-state index contributed by atoms with van der Waals surface area (Å²) in [5, 5.41) is 2.82. The van der Waals surface area contributed by atoms with Gasteiger partial charge >= 0.3 is 0 Å². The van der Waals surface area contributed by atoms with E-state index < -0.39 is 10.0 Å². The third-order valence-electron chi connectivity index (χ3n) is 4.73. The van der Waals surface area contributed by atoms with Crippen molar-refractivity contribution < 1.29 is 13.2 Å². The standard InChI is InChI=1S/C20H25N3O3S/c21-18-10-8-16(9-11-18)14-20(24)22-15-17-6-2-3-7-19(17)27(25,26)23-12-4-1-5-13-23/h2-3,6-11H,1,4-5,12-15,21H2,(H,22,24). The van der Waals surface area contributed by atoms with E-state index in [-0.39, 0.29) is 23.8 Å². The highest BCUT2D eigenvalue weighted by atomic mass is 32.2. The van der Waals surface area contributed by atoms with Gasteiger partial charge in [0.05, 0.1) is 11.3 Å². The van der Waals surface area contributed by atoms with E-state index in [1.54, 1.807) is 40.7 Å². The zero-order chi connectivity index (χ0) is 19.3. The number of carbonyl (C=O) groups is 1. The molecule has 1 heterocycles. The summed E-state index contributed by atoms with van der Waals surface area (Å²) < 4.78 is 27.5. The molecule has 0 saturated carbocycles. The topological polar surface area (TPSA) is 92.5 Å². The molecule has 0 aromatic heterocycles. The molecule has 144 valence electrons. The van der Waals surface area contributed by atoms with Gasteiger partial charge in [0.25, 0.3) is 0 Å². The minimum absolute atomic E-state index is 0.162. The van der Waals surface area contributed by atoms with Crippen molar-refractivity contribution in [1.82, 2.24) is 9.62 Å². The molecule has 0 atom stereocenters. The number of nitrogens with two attached hydrogens (primary N) is 1. The lowest BCUT2D eigenvalue weighted by Gasteiger charge is -2.26. The van der Waals surface area contributed by atoms with Crippen LogP contribution in [0, 0.1) is 0 Å². The van der Waals surface area contributed by atoms with Crippen LogP contribution >= 0.6 is 0 Å². The predicted molar refractivity (Wildman–Crippen MR) is 105 cm³/mol. The number of anilines is 1. The van der Waals surface area contributed by atoms with Crippen LogP contribution in [0.25, 0.3) is 0 Å². The first kappa shape index (κ1) is 19.4. The maximum absolute atomic E-state index is 13.0. The van der Waals surface area contributed by atoms with Gasteiger partial charge in [0.15, 0.2) is 0 Å². The molecule has 0 unspecified atom stereocenters. The van der Waals surface area contributed by atoms with Crippen LogP contribution in [-0.2, 0) is 27.8 Å². The average Bonchev–Trinajstić information content (AvgIpc) is 2.69. The number of hydrogen-bond donors (Lipinski definition) is 2. The lowest BCUT2D eigenvalue weighted by Crippen LogP contribution is -2.36. The predicted octanol–water partition coefficient (Wildman–Crippen LogP) is 2.30. The largest absolute Gasteiger partial charge is 0.399 e. The fourth-order valence-corrected chi connectivity index (χ4v) is 4.96. The van der Waals surface area contributed by atoms with Gasteiger partial charge < -0.3 is 11.1 Å². The second kappa shape index (κ2) is 8.54. The highest BCUT2D eigenvalue weighted by molar-refractivity contribution is 7.89. The Morgan fingerprint density at radius 3 is 2.37 bits per heavy atom. The molecule has 1 aliphatic rings. The van der Waals surface area contributed by atoms with E-state index in [0.717, 1.165) is 24.8 Å². The number of benzene rings is 2. The number of nitrogens with one attached hydrogen (secondary N) is 1. The number of amides is 1. The first-order valence-electron chi connectivity index (χ1n) is 9.16. The van der Waals surface area contributed by atoms with E-state index in [9.17, 15) is 13.2 Å². The van der Waals surface area contributed by atoms with Crippen LogP contribution < -0.4 is 11.1 Å². The lowest BCUT2D eigenvalue weighted by molar-refractivity contribution is -0.120. The van der Waals surface area contributed by atoms with Crippen LogP contribution in [-0.4, -0.2) is 31.7 Å². The minimum atomic E-state index is -3.54. The quantitative estimate of drug-likeness (QED) is 0.744. The molecule has 27 heavy (non-hydrogen) atoms. The fourth-order valence-electron chi connectivity index (χ4n) is 3.22. The Hall–Kier alpha value is -2.38. The molecule has 3 N–H and O–H groups in total. The Morgan fingerprint density at radius 1 is 1.00 bits per heavy atom. The number of carbonyl (C=O) groups excluding carboxylic acids is 1. The van der Waals surface area contributed by atoms with Crippen molar-refractivity contribution in [2.45, 2.75) is 37.1 Å². The maximum atomic E-state index is 13.0. The second-order valence-corrected chi connectivity index (χ2v) is 8.67. The Morgan fingerprint density at radius 2 is 1.67 bits per heavy atom. The van der Waals surface area contributed by atoms with Gasteiger partial charge in [-0.1, -0.05) is 36.8 Å². The van der Waals surface area contributed by atoms with Crippen molar-refractivity contribution in [3.05, 3.63) is 59.7 Å². The molecule has 0 spiro atoms. The molecule has 3 rings (SSSR count). The van der Waals surface area contributed by atoms with Crippen molar-refractivity contribution in [3.8, 4) is 0 Å². The van der Waals surface area contributed by atoms with Crippen LogP contribution in [0.3, 0.4) is 0 Å². The van der Waals surface area contributed by atoms with E-state index in [1.807, 2.05) is 12.1 Å². The molecular formula is C20H25N3O3S. The van der Waals surface area contributed by atoms with Crippen molar-refractivity contribution in [1.29, 1.82) is 0 Å². The average molecular weight is 388 g/mol. The van der Waals surface area contributed by atoms with Crippen LogP contribution in [0.15, 0.2) is 53.4 Å². The van der Waals surface area contributed by atoms with Gasteiger partial charge in [-0.2, -0.15) is 4.31 Å². The van der Waals surface area contributed by atoms with Gasteiger partial charge in [0.1, 0.15) is 0 Å². The summed E-state index contributed by atoms with van der Waals surface area (Å²) >= 11 is 0. The highest BCUT2D eigenvalue weighted by Crippen LogP contribution is 2.23. The number of hydrogen-bond acceptors (Lipinski definition) is 4. The van der Waals surface area contributed by atoms with Gasteiger partial charge in [-0.3, -0.25) is 4.79 Å². The normalized spacial score (nSPS) is 15.4. The first-order valence-corrected chi connectivity index (χ1v) is 10.6. The van der Waals surface area contributed by atoms with E-state index in [4.69, 9.17) is 5.73 Å². The molecule has 6 nitrogen and oxygen atoms in total. The zero-order valence-electron chi connectivity index (χ0n) is 15.2. The van der Waals surface area contributed by atoms with Crippen LogP contribution in [0.5, 0.6) is 0 Å². The summed E-state index contributed by atoms with van der Waals surface area (Å²) in [6.45, 7) is 1.29. The molecule has 1 fully saturated rings. The fraction of sp³-hybridized carbons (Fsp3) is 0.350. The van der Waals surface area contributed by atoms with Crippen molar-refractivity contribution in [2.75, 3.05) is 18.8 Å². The third-order valence-corrected chi connectivity index (χ3v) is 6.72. The Labute approximate surface area is 160 Å².